The zero-order chi connectivity index (χ0) is 22.5. The third-order valence-corrected chi connectivity index (χ3v) is 8.40. The summed E-state index contributed by atoms with van der Waals surface area (Å²) in [5.74, 6) is 1.72. The van der Waals surface area contributed by atoms with E-state index in [4.69, 9.17) is 19.7 Å². The first-order valence-corrected chi connectivity index (χ1v) is 13.2. The number of nitrogens with one attached hydrogen (secondary N) is 1. The minimum atomic E-state index is 0.719. The molecule has 3 fully saturated rings. The van der Waals surface area contributed by atoms with E-state index in [0.717, 1.165) is 95.4 Å². The number of fused-ring (bicyclic) bond motifs is 3. The van der Waals surface area contributed by atoms with Crippen molar-refractivity contribution in [1.82, 2.24) is 29.7 Å². The minimum absolute atomic E-state index is 0.719. The van der Waals surface area contributed by atoms with Gasteiger partial charge in [0.05, 0.1) is 19.8 Å². The number of H-pyrrole nitrogens is 1. The maximum Gasteiger partial charge on any atom is 0.163 e. The molecule has 1 N–H and O–H groups in total. The third-order valence-electron chi connectivity index (χ3n) is 7.46. The molecule has 176 valence electrons. The lowest BCUT2D eigenvalue weighted by Gasteiger charge is -2.37. The molecule has 0 radical (unpaired) electrons. The molecule has 0 aliphatic carbocycles. The molecule has 1 atom stereocenters. The zero-order valence-electron chi connectivity index (χ0n) is 19.2. The highest BCUT2D eigenvalue weighted by Gasteiger charge is 2.31. The van der Waals surface area contributed by atoms with Crippen molar-refractivity contribution >= 4 is 38.4 Å². The lowest BCUT2D eigenvalue weighted by atomic mass is 10.1. The van der Waals surface area contributed by atoms with Crippen LogP contribution in [0, 0.1) is 0 Å². The second-order valence-corrected chi connectivity index (χ2v) is 10.6. The smallest absolute Gasteiger partial charge is 0.163 e. The molecule has 3 aromatic heterocycles. The maximum atomic E-state index is 5.62. The summed E-state index contributed by atoms with van der Waals surface area (Å²) in [5, 5.41) is 2.29. The Morgan fingerprint density at radius 1 is 1.03 bits per heavy atom. The van der Waals surface area contributed by atoms with Crippen molar-refractivity contribution in [2.45, 2.75) is 25.4 Å². The third kappa shape index (κ3) is 3.67. The van der Waals surface area contributed by atoms with Crippen molar-refractivity contribution in [3.8, 4) is 11.4 Å². The van der Waals surface area contributed by atoms with E-state index in [1.54, 1.807) is 11.3 Å². The van der Waals surface area contributed by atoms with Crippen molar-refractivity contribution in [2.24, 2.45) is 0 Å². The van der Waals surface area contributed by atoms with E-state index in [1.165, 1.54) is 25.9 Å². The van der Waals surface area contributed by atoms with Gasteiger partial charge in [-0.3, -0.25) is 9.80 Å². The van der Waals surface area contributed by atoms with E-state index >= 15 is 0 Å². The molecule has 0 unspecified atom stereocenters. The first kappa shape index (κ1) is 20.8. The number of aromatic amines is 1. The van der Waals surface area contributed by atoms with E-state index in [0.29, 0.717) is 0 Å². The van der Waals surface area contributed by atoms with Gasteiger partial charge in [0.2, 0.25) is 0 Å². The fourth-order valence-corrected chi connectivity index (χ4v) is 6.68. The highest BCUT2D eigenvalue weighted by atomic mass is 32.1. The molecule has 0 saturated carbocycles. The van der Waals surface area contributed by atoms with Crippen LogP contribution in [-0.2, 0) is 11.3 Å². The van der Waals surface area contributed by atoms with Gasteiger partial charge in [0.15, 0.2) is 11.6 Å². The molecule has 3 aliphatic heterocycles. The highest BCUT2D eigenvalue weighted by molar-refractivity contribution is 7.18. The monoisotopic (exact) mass is 475 g/mol. The van der Waals surface area contributed by atoms with Gasteiger partial charge in [0.1, 0.15) is 15.4 Å². The van der Waals surface area contributed by atoms with Crippen molar-refractivity contribution in [3.05, 3.63) is 35.5 Å². The van der Waals surface area contributed by atoms with Gasteiger partial charge in [-0.1, -0.05) is 23.5 Å². The summed E-state index contributed by atoms with van der Waals surface area (Å²) in [5.41, 5.74) is 3.10. The van der Waals surface area contributed by atoms with E-state index in [9.17, 15) is 0 Å². The number of piperazine rings is 1. The summed E-state index contributed by atoms with van der Waals surface area (Å²) in [6, 6.07) is 9.10. The number of thiazole rings is 1. The van der Waals surface area contributed by atoms with Crippen molar-refractivity contribution in [1.29, 1.82) is 0 Å². The quantitative estimate of drug-likeness (QED) is 0.485. The summed E-state index contributed by atoms with van der Waals surface area (Å²) in [4.78, 5) is 27.1. The number of hydrogen-bond donors (Lipinski definition) is 1. The summed E-state index contributed by atoms with van der Waals surface area (Å²) in [6.07, 6.45) is 4.65. The fourth-order valence-electron chi connectivity index (χ4n) is 5.71. The van der Waals surface area contributed by atoms with E-state index < -0.39 is 0 Å². The number of ether oxygens (including phenoxy) is 1. The minimum Gasteiger partial charge on any atom is -0.378 e. The summed E-state index contributed by atoms with van der Waals surface area (Å²) in [6.45, 7) is 8.72. The molecular weight excluding hydrogens is 446 g/mol. The highest BCUT2D eigenvalue weighted by Crippen LogP contribution is 2.34. The van der Waals surface area contributed by atoms with Crippen LogP contribution >= 0.6 is 11.3 Å². The Balaban J connectivity index is 1.28. The maximum absolute atomic E-state index is 5.62. The van der Waals surface area contributed by atoms with Crippen molar-refractivity contribution < 1.29 is 4.74 Å². The fraction of sp³-hybridized carbons (Fsp3) is 0.480. The molecule has 3 aliphatic rings. The molecule has 0 spiro atoms. The van der Waals surface area contributed by atoms with Gasteiger partial charge >= 0.3 is 0 Å². The van der Waals surface area contributed by atoms with Gasteiger partial charge in [-0.25, -0.2) is 15.0 Å². The number of morpholine rings is 1. The van der Waals surface area contributed by atoms with E-state index in [1.807, 2.05) is 6.20 Å². The van der Waals surface area contributed by atoms with Crippen LogP contribution in [0.2, 0.25) is 0 Å². The van der Waals surface area contributed by atoms with Crippen LogP contribution in [-0.4, -0.2) is 88.3 Å². The molecule has 8 nitrogen and oxygen atoms in total. The van der Waals surface area contributed by atoms with Gasteiger partial charge in [0.25, 0.3) is 0 Å². The second-order valence-electron chi connectivity index (χ2n) is 9.54. The van der Waals surface area contributed by atoms with Crippen LogP contribution < -0.4 is 4.90 Å². The topological polar surface area (TPSA) is 73.4 Å². The van der Waals surface area contributed by atoms with Crippen LogP contribution in [0.1, 0.15) is 17.8 Å². The summed E-state index contributed by atoms with van der Waals surface area (Å²) < 4.78 is 5.62. The van der Waals surface area contributed by atoms with Crippen LogP contribution in [0.3, 0.4) is 0 Å². The molecule has 3 saturated heterocycles. The van der Waals surface area contributed by atoms with Gasteiger partial charge in [0, 0.05) is 61.4 Å². The Labute approximate surface area is 202 Å². The summed E-state index contributed by atoms with van der Waals surface area (Å²) >= 11 is 1.73. The normalized spacial score (nSPS) is 22.1. The first-order chi connectivity index (χ1) is 16.8. The Morgan fingerprint density at radius 3 is 2.91 bits per heavy atom. The van der Waals surface area contributed by atoms with Crippen LogP contribution in [0.5, 0.6) is 0 Å². The van der Waals surface area contributed by atoms with Crippen molar-refractivity contribution in [2.75, 3.05) is 57.4 Å². The average Bonchev–Trinajstić information content (AvgIpc) is 3.62. The van der Waals surface area contributed by atoms with E-state index in [2.05, 4.69) is 43.9 Å². The molecule has 0 bridgehead atoms. The van der Waals surface area contributed by atoms with Crippen LogP contribution in [0.25, 0.3) is 32.6 Å². The van der Waals surface area contributed by atoms with Gasteiger partial charge < -0.3 is 14.6 Å². The first-order valence-electron chi connectivity index (χ1n) is 12.3. The lowest BCUT2D eigenvalue weighted by Crippen LogP contribution is -2.49. The Morgan fingerprint density at radius 2 is 1.97 bits per heavy atom. The second kappa shape index (κ2) is 8.57. The standard InChI is InChI=1S/C25H29N7OS/c1-4-19(18-6-7-26-20(18)5-1)23-28-24(32-11-13-33-14-12-32)22-25(29-23)34-21(27-22)16-30-9-10-31-8-2-3-17(31)15-30/h1,4-7,17,26H,2-3,8-16H2/t17-/m0/s1. The van der Waals surface area contributed by atoms with Gasteiger partial charge in [-0.05, 0) is 31.5 Å². The van der Waals surface area contributed by atoms with Gasteiger partial charge in [-0.15, -0.1) is 0 Å². The van der Waals surface area contributed by atoms with E-state index in [-0.39, 0.29) is 0 Å². The predicted molar refractivity (Wildman–Crippen MR) is 135 cm³/mol. The number of benzene rings is 1. The largest absolute Gasteiger partial charge is 0.378 e. The Hall–Kier alpha value is -2.59. The molecule has 34 heavy (non-hydrogen) atoms. The van der Waals surface area contributed by atoms with Crippen LogP contribution in [0.4, 0.5) is 5.82 Å². The van der Waals surface area contributed by atoms with Gasteiger partial charge in [-0.2, -0.15) is 0 Å². The SMILES string of the molecule is c1cc(-c2nc(N3CCOCC3)c3nc(CN4CCN5CCC[C@H]5C4)sc3n2)c2cc[nH]c2c1. The number of hydrogen-bond acceptors (Lipinski definition) is 8. The Bertz CT molecular complexity index is 1330. The molecular formula is C25H29N7OS. The lowest BCUT2D eigenvalue weighted by molar-refractivity contribution is 0.0993. The number of rotatable bonds is 4. The van der Waals surface area contributed by atoms with Crippen molar-refractivity contribution in [3.63, 3.8) is 0 Å². The molecule has 9 heteroatoms. The molecule has 6 heterocycles. The molecule has 1 aromatic carbocycles. The number of anilines is 1. The summed E-state index contributed by atoms with van der Waals surface area (Å²) in [7, 11) is 0. The zero-order valence-corrected chi connectivity index (χ0v) is 20.1. The number of aromatic nitrogens is 4. The average molecular weight is 476 g/mol. The molecule has 4 aromatic rings. The molecule has 7 rings (SSSR count). The Kier molecular flexibility index (Phi) is 5.23. The number of nitrogens with zero attached hydrogens (tertiary/aromatic N) is 6. The van der Waals surface area contributed by atoms with Crippen LogP contribution in [0.15, 0.2) is 30.5 Å². The predicted octanol–water partition coefficient (Wildman–Crippen LogP) is 3.35. The molecule has 0 amide bonds.